The maximum Gasteiger partial charge on any atom is 0.419 e. The summed E-state index contributed by atoms with van der Waals surface area (Å²) in [6.07, 6.45) is -2.83. The van der Waals surface area contributed by atoms with Gasteiger partial charge in [0.1, 0.15) is 5.82 Å². The van der Waals surface area contributed by atoms with Crippen LogP contribution in [0.3, 0.4) is 0 Å². The van der Waals surface area contributed by atoms with Gasteiger partial charge in [0.15, 0.2) is 0 Å². The molecule has 1 saturated carbocycles. The van der Waals surface area contributed by atoms with Gasteiger partial charge in [-0.15, -0.1) is 0 Å². The molecule has 1 aromatic rings. The van der Waals surface area contributed by atoms with E-state index in [2.05, 4.69) is 5.32 Å². The average molecular weight is 277 g/mol. The first-order chi connectivity index (χ1) is 8.86. The van der Waals surface area contributed by atoms with Crippen molar-refractivity contribution in [2.24, 2.45) is 5.41 Å². The summed E-state index contributed by atoms with van der Waals surface area (Å²) in [5.41, 5.74) is -0.968. The van der Waals surface area contributed by atoms with E-state index in [0.717, 1.165) is 25.0 Å². The zero-order valence-corrected chi connectivity index (χ0v) is 10.2. The number of halogens is 4. The Hall–Kier alpha value is -1.14. The molecule has 0 unspecified atom stereocenters. The minimum Gasteiger partial charge on any atom is -0.396 e. The lowest BCUT2D eigenvalue weighted by molar-refractivity contribution is -0.140. The summed E-state index contributed by atoms with van der Waals surface area (Å²) < 4.78 is 50.6. The van der Waals surface area contributed by atoms with Crippen LogP contribution in [0.15, 0.2) is 18.2 Å². The van der Waals surface area contributed by atoms with E-state index in [1.807, 2.05) is 0 Å². The van der Waals surface area contributed by atoms with Gasteiger partial charge in [-0.05, 0) is 30.5 Å². The van der Waals surface area contributed by atoms with Gasteiger partial charge in [-0.3, -0.25) is 0 Å². The van der Waals surface area contributed by atoms with E-state index in [0.29, 0.717) is 12.1 Å². The molecular formula is C13H15F4NO. The molecular weight excluding hydrogens is 262 g/mol. The van der Waals surface area contributed by atoms with E-state index in [1.54, 1.807) is 0 Å². The van der Waals surface area contributed by atoms with Gasteiger partial charge < -0.3 is 10.4 Å². The Morgan fingerprint density at radius 2 is 1.95 bits per heavy atom. The molecule has 0 radical (unpaired) electrons. The third kappa shape index (κ3) is 3.45. The third-order valence-corrected chi connectivity index (χ3v) is 3.46. The number of hydrogen-bond acceptors (Lipinski definition) is 2. The molecule has 19 heavy (non-hydrogen) atoms. The molecule has 1 aliphatic carbocycles. The second kappa shape index (κ2) is 5.09. The van der Waals surface area contributed by atoms with Crippen LogP contribution in [-0.4, -0.2) is 18.3 Å². The fraction of sp³-hybridized carbons (Fsp3) is 0.538. The number of nitrogens with one attached hydrogen (secondary N) is 1. The van der Waals surface area contributed by atoms with Crippen molar-refractivity contribution in [1.29, 1.82) is 0 Å². The van der Waals surface area contributed by atoms with Crippen molar-refractivity contribution in [3.05, 3.63) is 35.1 Å². The van der Waals surface area contributed by atoms with Crippen molar-refractivity contribution >= 4 is 0 Å². The van der Waals surface area contributed by atoms with E-state index in [4.69, 9.17) is 5.11 Å². The minimum absolute atomic E-state index is 0.0806. The number of aliphatic hydroxyl groups excluding tert-OH is 1. The Kier molecular flexibility index (Phi) is 3.82. The standard InChI is InChI=1S/C13H15F4NO/c14-11-2-1-9(5-10(11)13(15,16)17)6-18-7-12(8-19)3-4-12/h1-2,5,18-19H,3-4,6-8H2. The molecule has 2 rings (SSSR count). The van der Waals surface area contributed by atoms with E-state index in [9.17, 15) is 17.6 Å². The van der Waals surface area contributed by atoms with Crippen LogP contribution in [0.1, 0.15) is 24.0 Å². The first kappa shape index (κ1) is 14.3. The zero-order chi connectivity index (χ0) is 14.1. The molecule has 0 amide bonds. The second-order valence-corrected chi connectivity index (χ2v) is 5.07. The Labute approximate surface area is 108 Å². The summed E-state index contributed by atoms with van der Waals surface area (Å²) in [7, 11) is 0. The topological polar surface area (TPSA) is 32.3 Å². The minimum atomic E-state index is -4.68. The molecule has 2 nitrogen and oxygen atoms in total. The van der Waals surface area contributed by atoms with Gasteiger partial charge in [0.05, 0.1) is 5.56 Å². The molecule has 6 heteroatoms. The first-order valence-corrected chi connectivity index (χ1v) is 6.04. The SMILES string of the molecule is OCC1(CNCc2ccc(F)c(C(F)(F)F)c2)CC1. The molecule has 0 spiro atoms. The van der Waals surface area contributed by atoms with Gasteiger partial charge in [0.2, 0.25) is 0 Å². The highest BCUT2D eigenvalue weighted by atomic mass is 19.4. The van der Waals surface area contributed by atoms with E-state index >= 15 is 0 Å². The van der Waals surface area contributed by atoms with E-state index in [1.165, 1.54) is 6.07 Å². The maximum atomic E-state index is 13.1. The van der Waals surface area contributed by atoms with Gasteiger partial charge in [0, 0.05) is 25.1 Å². The smallest absolute Gasteiger partial charge is 0.396 e. The molecule has 0 bridgehead atoms. The lowest BCUT2D eigenvalue weighted by Crippen LogP contribution is -2.26. The number of benzene rings is 1. The lowest BCUT2D eigenvalue weighted by Gasteiger charge is -2.14. The molecule has 0 atom stereocenters. The molecule has 0 heterocycles. The van der Waals surface area contributed by atoms with Gasteiger partial charge >= 0.3 is 6.18 Å². The van der Waals surface area contributed by atoms with Crippen LogP contribution < -0.4 is 5.32 Å². The fourth-order valence-electron chi connectivity index (χ4n) is 1.94. The summed E-state index contributed by atoms with van der Waals surface area (Å²) in [6, 6.07) is 2.98. The molecule has 1 aliphatic rings. The van der Waals surface area contributed by atoms with Crippen molar-refractivity contribution in [3.63, 3.8) is 0 Å². The van der Waals surface area contributed by atoms with Crippen molar-refractivity contribution in [2.75, 3.05) is 13.2 Å². The summed E-state index contributed by atoms with van der Waals surface area (Å²) in [5, 5.41) is 12.1. The van der Waals surface area contributed by atoms with Crippen LogP contribution >= 0.6 is 0 Å². The van der Waals surface area contributed by atoms with Gasteiger partial charge in [-0.1, -0.05) is 6.07 Å². The monoisotopic (exact) mass is 277 g/mol. The number of rotatable bonds is 5. The van der Waals surface area contributed by atoms with Crippen molar-refractivity contribution in [2.45, 2.75) is 25.6 Å². The van der Waals surface area contributed by atoms with Crippen LogP contribution in [0.2, 0.25) is 0 Å². The van der Waals surface area contributed by atoms with Crippen LogP contribution in [-0.2, 0) is 12.7 Å². The van der Waals surface area contributed by atoms with Gasteiger partial charge in [-0.2, -0.15) is 13.2 Å². The Morgan fingerprint density at radius 3 is 2.47 bits per heavy atom. The Balaban J connectivity index is 1.97. The van der Waals surface area contributed by atoms with Crippen molar-refractivity contribution in [3.8, 4) is 0 Å². The molecule has 2 N–H and O–H groups in total. The average Bonchev–Trinajstić information content (AvgIpc) is 3.10. The summed E-state index contributed by atoms with van der Waals surface area (Å²) >= 11 is 0. The zero-order valence-electron chi connectivity index (χ0n) is 10.2. The second-order valence-electron chi connectivity index (χ2n) is 5.07. The molecule has 1 aromatic carbocycles. The normalized spacial score (nSPS) is 17.5. The summed E-state index contributed by atoms with van der Waals surface area (Å²) in [5.74, 6) is -1.26. The number of alkyl halides is 3. The van der Waals surface area contributed by atoms with E-state index < -0.39 is 17.6 Å². The van der Waals surface area contributed by atoms with E-state index in [-0.39, 0.29) is 18.6 Å². The van der Waals surface area contributed by atoms with Crippen LogP contribution in [0.4, 0.5) is 17.6 Å². The van der Waals surface area contributed by atoms with Crippen LogP contribution in [0.25, 0.3) is 0 Å². The molecule has 106 valence electrons. The quantitative estimate of drug-likeness (QED) is 0.811. The van der Waals surface area contributed by atoms with Crippen LogP contribution in [0, 0.1) is 11.2 Å². The van der Waals surface area contributed by atoms with Crippen molar-refractivity contribution < 1.29 is 22.7 Å². The summed E-state index contributed by atoms with van der Waals surface area (Å²) in [4.78, 5) is 0. The third-order valence-electron chi connectivity index (χ3n) is 3.46. The predicted molar refractivity (Wildman–Crippen MR) is 61.9 cm³/mol. The van der Waals surface area contributed by atoms with Gasteiger partial charge in [-0.25, -0.2) is 4.39 Å². The van der Waals surface area contributed by atoms with Crippen molar-refractivity contribution in [1.82, 2.24) is 5.32 Å². The Morgan fingerprint density at radius 1 is 1.26 bits per heavy atom. The summed E-state index contributed by atoms with van der Waals surface area (Å²) in [6.45, 7) is 0.866. The first-order valence-electron chi connectivity index (χ1n) is 6.04. The number of aliphatic hydroxyl groups is 1. The molecule has 0 aromatic heterocycles. The largest absolute Gasteiger partial charge is 0.419 e. The fourth-order valence-corrected chi connectivity index (χ4v) is 1.94. The van der Waals surface area contributed by atoms with Crippen LogP contribution in [0.5, 0.6) is 0 Å². The molecule has 0 saturated heterocycles. The lowest BCUT2D eigenvalue weighted by atomic mass is 10.1. The molecule has 1 fully saturated rings. The van der Waals surface area contributed by atoms with Gasteiger partial charge in [0.25, 0.3) is 0 Å². The predicted octanol–water partition coefficient (Wildman–Crippen LogP) is 2.71. The molecule has 0 aliphatic heterocycles. The highest BCUT2D eigenvalue weighted by molar-refractivity contribution is 5.27. The highest BCUT2D eigenvalue weighted by Gasteiger charge is 2.41. The maximum absolute atomic E-state index is 13.1. The number of hydrogen-bond donors (Lipinski definition) is 2. The Bertz CT molecular complexity index is 454. The highest BCUT2D eigenvalue weighted by Crippen LogP contribution is 2.44.